The molecule has 3 rings (SSSR count). The Labute approximate surface area is 171 Å². The van der Waals surface area contributed by atoms with E-state index >= 15 is 0 Å². The minimum atomic E-state index is -0.769. The van der Waals surface area contributed by atoms with Crippen LogP contribution in [0.15, 0.2) is 35.6 Å². The molecule has 4 N–H and O–H groups in total. The number of halogens is 2. The molecule has 0 bridgehead atoms. The summed E-state index contributed by atoms with van der Waals surface area (Å²) in [6.07, 6.45) is 1.73. The van der Waals surface area contributed by atoms with Gasteiger partial charge in [-0.05, 0) is 36.8 Å². The highest BCUT2D eigenvalue weighted by molar-refractivity contribution is 6.66. The van der Waals surface area contributed by atoms with Gasteiger partial charge in [-0.2, -0.15) is 5.10 Å². The number of carbonyl (C=O) groups excluding carboxylic acids is 2. The highest BCUT2D eigenvalue weighted by Gasteiger charge is 2.35. The first-order chi connectivity index (χ1) is 13.3. The van der Waals surface area contributed by atoms with Gasteiger partial charge in [-0.25, -0.2) is 9.99 Å². The van der Waals surface area contributed by atoms with Crippen molar-refractivity contribution in [1.29, 1.82) is 0 Å². The van der Waals surface area contributed by atoms with Crippen LogP contribution in [0.2, 0.25) is 5.02 Å². The topological polar surface area (TPSA) is 113 Å². The summed E-state index contributed by atoms with van der Waals surface area (Å²) >= 11 is 12.3. The third kappa shape index (κ3) is 3.88. The van der Waals surface area contributed by atoms with Gasteiger partial charge in [0.25, 0.3) is 5.91 Å². The van der Waals surface area contributed by atoms with E-state index in [1.165, 1.54) is 18.1 Å². The Morgan fingerprint density at radius 3 is 2.75 bits per heavy atom. The van der Waals surface area contributed by atoms with Crippen LogP contribution < -0.4 is 21.4 Å². The number of aryl methyl sites for hydroxylation is 1. The van der Waals surface area contributed by atoms with Gasteiger partial charge >= 0.3 is 0 Å². The van der Waals surface area contributed by atoms with Crippen LogP contribution in [0.1, 0.15) is 22.3 Å². The standard InChI is InChI=1S/C18H18Cl2N6O2/c1-9-6-10(21)7-11(17(27)22-2)15(9)24-18(28)13-8-14(20)25-26(13)16-12(19)4-3-5-23-16/h3-7,13H,8,21H2,1-2H3,(H,22,27)(H,24,28). The molecule has 1 aromatic carbocycles. The van der Waals surface area contributed by atoms with Crippen LogP contribution in [0.5, 0.6) is 0 Å². The van der Waals surface area contributed by atoms with Gasteiger partial charge in [-0.3, -0.25) is 9.59 Å². The number of hydrazone groups is 1. The van der Waals surface area contributed by atoms with E-state index in [2.05, 4.69) is 20.7 Å². The number of hydrogen-bond acceptors (Lipinski definition) is 6. The van der Waals surface area contributed by atoms with E-state index in [0.29, 0.717) is 27.8 Å². The molecule has 2 heterocycles. The maximum atomic E-state index is 13.0. The largest absolute Gasteiger partial charge is 0.399 e. The molecule has 1 aliphatic rings. The Morgan fingerprint density at radius 1 is 1.32 bits per heavy atom. The fourth-order valence-corrected chi connectivity index (χ4v) is 3.36. The van der Waals surface area contributed by atoms with Crippen molar-refractivity contribution in [2.45, 2.75) is 19.4 Å². The normalized spacial score (nSPS) is 15.9. The van der Waals surface area contributed by atoms with Gasteiger partial charge in [0.05, 0.1) is 16.3 Å². The number of nitrogen functional groups attached to an aromatic ring is 1. The van der Waals surface area contributed by atoms with Crippen molar-refractivity contribution < 1.29 is 9.59 Å². The molecule has 146 valence electrons. The van der Waals surface area contributed by atoms with Gasteiger partial charge in [0.2, 0.25) is 5.91 Å². The van der Waals surface area contributed by atoms with E-state index in [4.69, 9.17) is 28.9 Å². The highest BCUT2D eigenvalue weighted by atomic mass is 35.5. The molecule has 28 heavy (non-hydrogen) atoms. The second kappa shape index (κ2) is 8.04. The first-order valence-corrected chi connectivity index (χ1v) is 9.13. The second-order valence-electron chi connectivity index (χ2n) is 6.18. The molecule has 10 heteroatoms. The van der Waals surface area contributed by atoms with Crippen molar-refractivity contribution in [2.24, 2.45) is 5.10 Å². The molecule has 1 atom stereocenters. The van der Waals surface area contributed by atoms with Gasteiger partial charge in [0.1, 0.15) is 11.2 Å². The molecule has 0 radical (unpaired) electrons. The van der Waals surface area contributed by atoms with Crippen molar-refractivity contribution in [3.63, 3.8) is 0 Å². The lowest BCUT2D eigenvalue weighted by Gasteiger charge is -2.23. The molecule has 0 spiro atoms. The predicted molar refractivity (Wildman–Crippen MR) is 111 cm³/mol. The molecule has 2 amide bonds. The number of anilines is 3. The molecular formula is C18H18Cl2N6O2. The summed E-state index contributed by atoms with van der Waals surface area (Å²) < 4.78 is 0. The quantitative estimate of drug-likeness (QED) is 0.658. The number of aromatic nitrogens is 1. The smallest absolute Gasteiger partial charge is 0.253 e. The summed E-state index contributed by atoms with van der Waals surface area (Å²) in [7, 11) is 1.50. The number of benzene rings is 1. The lowest BCUT2D eigenvalue weighted by atomic mass is 10.0. The first kappa shape index (κ1) is 19.9. The third-order valence-electron chi connectivity index (χ3n) is 4.21. The highest BCUT2D eigenvalue weighted by Crippen LogP contribution is 2.31. The maximum absolute atomic E-state index is 13.0. The minimum absolute atomic E-state index is 0.184. The average Bonchev–Trinajstić information content (AvgIpc) is 3.05. The van der Waals surface area contributed by atoms with Crippen LogP contribution in [-0.2, 0) is 4.79 Å². The van der Waals surface area contributed by atoms with E-state index in [1.54, 1.807) is 31.3 Å². The Morgan fingerprint density at radius 2 is 2.07 bits per heavy atom. The van der Waals surface area contributed by atoms with Crippen molar-refractivity contribution in [3.8, 4) is 0 Å². The average molecular weight is 421 g/mol. The number of amides is 2. The fraction of sp³-hybridized carbons (Fsp3) is 0.222. The van der Waals surface area contributed by atoms with Crippen molar-refractivity contribution in [1.82, 2.24) is 10.3 Å². The summed E-state index contributed by atoms with van der Waals surface area (Å²) in [6, 6.07) is 5.74. The monoisotopic (exact) mass is 420 g/mol. The summed E-state index contributed by atoms with van der Waals surface area (Å²) in [5, 5.41) is 11.5. The molecule has 0 saturated heterocycles. The van der Waals surface area contributed by atoms with Crippen LogP contribution in [0.25, 0.3) is 0 Å². The number of nitrogens with zero attached hydrogens (tertiary/aromatic N) is 3. The summed E-state index contributed by atoms with van der Waals surface area (Å²) in [5.74, 6) is -0.448. The Kier molecular flexibility index (Phi) is 5.71. The van der Waals surface area contributed by atoms with Crippen LogP contribution in [-0.4, -0.2) is 35.1 Å². The van der Waals surface area contributed by atoms with E-state index < -0.39 is 11.9 Å². The van der Waals surface area contributed by atoms with Crippen molar-refractivity contribution in [3.05, 3.63) is 46.6 Å². The number of nitrogens with one attached hydrogen (secondary N) is 2. The van der Waals surface area contributed by atoms with Crippen LogP contribution in [0.4, 0.5) is 17.2 Å². The Balaban J connectivity index is 1.93. The van der Waals surface area contributed by atoms with Crippen molar-refractivity contribution in [2.75, 3.05) is 23.1 Å². The number of nitrogens with two attached hydrogens (primary N) is 1. The fourth-order valence-electron chi connectivity index (χ4n) is 2.92. The van der Waals surface area contributed by atoms with Crippen LogP contribution in [0.3, 0.4) is 0 Å². The van der Waals surface area contributed by atoms with E-state index in [9.17, 15) is 9.59 Å². The Hall–Kier alpha value is -2.84. The van der Waals surface area contributed by atoms with Crippen LogP contribution >= 0.6 is 23.2 Å². The van der Waals surface area contributed by atoms with Gasteiger partial charge in [0.15, 0.2) is 5.82 Å². The predicted octanol–water partition coefficient (Wildman–Crippen LogP) is 2.75. The van der Waals surface area contributed by atoms with E-state index in [0.717, 1.165) is 0 Å². The van der Waals surface area contributed by atoms with E-state index in [-0.39, 0.29) is 23.1 Å². The number of pyridine rings is 1. The van der Waals surface area contributed by atoms with Gasteiger partial charge in [-0.15, -0.1) is 0 Å². The minimum Gasteiger partial charge on any atom is -0.399 e. The SMILES string of the molecule is CNC(=O)c1cc(N)cc(C)c1NC(=O)C1CC(Cl)=NN1c1ncccc1Cl. The zero-order chi connectivity index (χ0) is 20.4. The molecule has 2 aromatic rings. The van der Waals surface area contributed by atoms with Gasteiger partial charge < -0.3 is 16.4 Å². The zero-order valence-electron chi connectivity index (χ0n) is 15.2. The molecule has 0 aliphatic carbocycles. The molecule has 0 fully saturated rings. The number of rotatable bonds is 4. The first-order valence-electron chi connectivity index (χ1n) is 8.37. The lowest BCUT2D eigenvalue weighted by Crippen LogP contribution is -2.39. The summed E-state index contributed by atoms with van der Waals surface area (Å²) in [6.45, 7) is 1.75. The molecule has 0 saturated carbocycles. The Bertz CT molecular complexity index is 979. The number of hydrogen-bond donors (Lipinski definition) is 3. The second-order valence-corrected chi connectivity index (χ2v) is 7.02. The lowest BCUT2D eigenvalue weighted by molar-refractivity contribution is -0.117. The van der Waals surface area contributed by atoms with E-state index in [1.807, 2.05) is 0 Å². The molecular weight excluding hydrogens is 403 g/mol. The number of carbonyl (C=O) groups is 2. The summed E-state index contributed by atoms with van der Waals surface area (Å²) in [4.78, 5) is 29.5. The third-order valence-corrected chi connectivity index (χ3v) is 4.73. The zero-order valence-corrected chi connectivity index (χ0v) is 16.7. The van der Waals surface area contributed by atoms with Crippen molar-refractivity contribution >= 4 is 57.4 Å². The van der Waals surface area contributed by atoms with Crippen LogP contribution in [0, 0.1) is 6.92 Å². The van der Waals surface area contributed by atoms with Gasteiger partial charge in [-0.1, -0.05) is 23.2 Å². The molecule has 1 aliphatic heterocycles. The molecule has 1 unspecified atom stereocenters. The van der Waals surface area contributed by atoms with Gasteiger partial charge in [0, 0.05) is 25.4 Å². The summed E-state index contributed by atoms with van der Waals surface area (Å²) in [5.41, 5.74) is 7.55. The molecule has 8 nitrogen and oxygen atoms in total. The maximum Gasteiger partial charge on any atom is 0.253 e. The molecule has 1 aromatic heterocycles.